The number of carbonyl (C=O) groups excluding carboxylic acids is 1. The molecule has 0 unspecified atom stereocenters. The van der Waals surface area contributed by atoms with Gasteiger partial charge in [-0.3, -0.25) is 9.69 Å². The summed E-state index contributed by atoms with van der Waals surface area (Å²) in [6.07, 6.45) is 5.70. The number of fused-ring (bicyclic) bond motifs is 1. The van der Waals surface area contributed by atoms with Crippen molar-refractivity contribution in [2.24, 2.45) is 0 Å². The number of hydrogen-bond donors (Lipinski definition) is 1. The third-order valence-electron chi connectivity index (χ3n) is 5.89. The fraction of sp³-hybridized carbons (Fsp3) is 0.391. The molecule has 0 aliphatic carbocycles. The summed E-state index contributed by atoms with van der Waals surface area (Å²) in [6.45, 7) is 5.00. The highest BCUT2D eigenvalue weighted by Crippen LogP contribution is 2.26. The monoisotopic (exact) mass is 434 g/mol. The molecule has 1 aromatic carbocycles. The molecule has 32 heavy (non-hydrogen) atoms. The first-order valence-electron chi connectivity index (χ1n) is 10.9. The molecule has 2 aliphatic rings. The van der Waals surface area contributed by atoms with Gasteiger partial charge in [-0.25, -0.2) is 15.0 Å². The second-order valence-electron chi connectivity index (χ2n) is 7.96. The fourth-order valence-corrected chi connectivity index (χ4v) is 4.16. The Labute approximate surface area is 186 Å². The predicted molar refractivity (Wildman–Crippen MR) is 117 cm³/mol. The minimum atomic E-state index is -0.252. The van der Waals surface area contributed by atoms with Crippen molar-refractivity contribution in [2.75, 3.05) is 44.2 Å². The summed E-state index contributed by atoms with van der Waals surface area (Å²) in [5.41, 5.74) is 2.71. The number of anilines is 1. The second kappa shape index (κ2) is 9.46. The lowest BCUT2D eigenvalue weighted by Crippen LogP contribution is -2.46. The van der Waals surface area contributed by atoms with E-state index in [0.717, 1.165) is 44.1 Å². The Balaban J connectivity index is 1.12. The third-order valence-corrected chi connectivity index (χ3v) is 5.89. The van der Waals surface area contributed by atoms with Crippen LogP contribution in [-0.4, -0.2) is 65.1 Å². The molecule has 0 radical (unpaired) electrons. The summed E-state index contributed by atoms with van der Waals surface area (Å²) in [5.74, 6) is 1.04. The van der Waals surface area contributed by atoms with Gasteiger partial charge in [0.25, 0.3) is 5.91 Å². The molecule has 1 atom stereocenters. The molecule has 9 nitrogen and oxygen atoms in total. The van der Waals surface area contributed by atoms with E-state index in [2.05, 4.69) is 42.2 Å². The molecule has 1 saturated heterocycles. The molecule has 5 rings (SSSR count). The molecule has 1 fully saturated rings. The molecule has 2 aliphatic heterocycles. The van der Waals surface area contributed by atoms with E-state index in [1.807, 2.05) is 18.2 Å². The number of carbonyl (C=O) groups is 1. The second-order valence-corrected chi connectivity index (χ2v) is 7.96. The van der Waals surface area contributed by atoms with E-state index in [0.29, 0.717) is 31.3 Å². The van der Waals surface area contributed by atoms with Crippen LogP contribution >= 0.6 is 0 Å². The first-order valence-corrected chi connectivity index (χ1v) is 10.9. The lowest BCUT2D eigenvalue weighted by atomic mass is 9.97. The number of hydrogen-bond acceptors (Lipinski definition) is 8. The zero-order valence-corrected chi connectivity index (χ0v) is 17.8. The molecule has 166 valence electrons. The van der Waals surface area contributed by atoms with Crippen LogP contribution in [0.25, 0.3) is 0 Å². The summed E-state index contributed by atoms with van der Waals surface area (Å²) in [7, 11) is 0. The van der Waals surface area contributed by atoms with Crippen molar-refractivity contribution in [3.63, 3.8) is 0 Å². The van der Waals surface area contributed by atoms with Gasteiger partial charge in [-0.05, 0) is 23.6 Å². The maximum Gasteiger partial charge on any atom is 0.273 e. The predicted octanol–water partition coefficient (Wildman–Crippen LogP) is 1.83. The lowest BCUT2D eigenvalue weighted by Gasteiger charge is -2.33. The Kier molecular flexibility index (Phi) is 6.09. The van der Waals surface area contributed by atoms with E-state index in [1.165, 1.54) is 11.8 Å². The number of aromatic nitrogens is 3. The number of nitrogens with zero attached hydrogens (tertiary/aromatic N) is 5. The highest BCUT2D eigenvalue weighted by molar-refractivity contribution is 5.91. The van der Waals surface area contributed by atoms with Crippen molar-refractivity contribution < 1.29 is 13.9 Å². The number of benzene rings is 1. The van der Waals surface area contributed by atoms with E-state index >= 15 is 0 Å². The van der Waals surface area contributed by atoms with Crippen LogP contribution < -0.4 is 10.2 Å². The normalized spacial score (nSPS) is 18.9. The first kappa shape index (κ1) is 20.6. The van der Waals surface area contributed by atoms with E-state index in [-0.39, 0.29) is 12.0 Å². The van der Waals surface area contributed by atoms with Crippen molar-refractivity contribution in [1.29, 1.82) is 0 Å². The number of rotatable bonds is 6. The number of ether oxygens (including phenoxy) is 1. The minimum absolute atomic E-state index is 0.139. The van der Waals surface area contributed by atoms with Crippen LogP contribution in [0, 0.1) is 0 Å². The molecule has 1 amide bonds. The van der Waals surface area contributed by atoms with Crippen LogP contribution in [-0.2, 0) is 17.7 Å². The van der Waals surface area contributed by atoms with E-state index in [4.69, 9.17) is 9.15 Å². The zero-order chi connectivity index (χ0) is 21.8. The molecule has 9 heteroatoms. The van der Waals surface area contributed by atoms with Gasteiger partial charge in [0.05, 0.1) is 13.2 Å². The average molecular weight is 435 g/mol. The molecule has 2 aromatic heterocycles. The SMILES string of the molecule is O=C(NC[C@H]1OCCc2ccccc21)c1coc(CN2CCN(c3ncccn3)CC2)n1. The van der Waals surface area contributed by atoms with Crippen LogP contribution in [0.15, 0.2) is 53.4 Å². The summed E-state index contributed by atoms with van der Waals surface area (Å²) < 4.78 is 11.4. The van der Waals surface area contributed by atoms with Gasteiger partial charge in [-0.15, -0.1) is 0 Å². The van der Waals surface area contributed by atoms with E-state index in [1.54, 1.807) is 12.4 Å². The largest absolute Gasteiger partial charge is 0.447 e. The van der Waals surface area contributed by atoms with Gasteiger partial charge in [0, 0.05) is 45.1 Å². The van der Waals surface area contributed by atoms with E-state index < -0.39 is 0 Å². The van der Waals surface area contributed by atoms with Crippen LogP contribution in [0.5, 0.6) is 0 Å². The Hall–Kier alpha value is -3.30. The molecular weight excluding hydrogens is 408 g/mol. The van der Waals surface area contributed by atoms with Gasteiger partial charge < -0.3 is 19.4 Å². The van der Waals surface area contributed by atoms with Gasteiger partial charge in [-0.1, -0.05) is 24.3 Å². The van der Waals surface area contributed by atoms with Crippen LogP contribution in [0.4, 0.5) is 5.95 Å². The summed E-state index contributed by atoms with van der Waals surface area (Å²) in [5, 5.41) is 2.93. The minimum Gasteiger partial charge on any atom is -0.447 e. The number of piperazine rings is 1. The fourth-order valence-electron chi connectivity index (χ4n) is 4.16. The number of oxazole rings is 1. The van der Waals surface area contributed by atoms with Gasteiger partial charge in [-0.2, -0.15) is 0 Å². The maximum absolute atomic E-state index is 12.6. The molecule has 1 N–H and O–H groups in total. The average Bonchev–Trinajstić information content (AvgIpc) is 3.32. The molecule has 0 bridgehead atoms. The summed E-state index contributed by atoms with van der Waals surface area (Å²) >= 11 is 0. The Morgan fingerprint density at radius 2 is 1.91 bits per heavy atom. The van der Waals surface area contributed by atoms with Crippen LogP contribution in [0.1, 0.15) is 33.6 Å². The highest BCUT2D eigenvalue weighted by Gasteiger charge is 2.23. The third kappa shape index (κ3) is 4.63. The van der Waals surface area contributed by atoms with Gasteiger partial charge >= 0.3 is 0 Å². The van der Waals surface area contributed by atoms with Crippen molar-refractivity contribution in [3.05, 3.63) is 71.7 Å². The van der Waals surface area contributed by atoms with Gasteiger partial charge in [0.1, 0.15) is 12.4 Å². The van der Waals surface area contributed by atoms with Gasteiger partial charge in [0.2, 0.25) is 11.8 Å². The van der Waals surface area contributed by atoms with Crippen molar-refractivity contribution in [3.8, 4) is 0 Å². The topological polar surface area (TPSA) is 96.6 Å². The Bertz CT molecular complexity index is 1050. The molecule has 0 saturated carbocycles. The molecular formula is C23H26N6O3. The lowest BCUT2D eigenvalue weighted by molar-refractivity contribution is 0.0411. The molecule has 3 aromatic rings. The quantitative estimate of drug-likeness (QED) is 0.628. The number of amides is 1. The maximum atomic E-state index is 12.6. The van der Waals surface area contributed by atoms with E-state index in [9.17, 15) is 4.79 Å². The van der Waals surface area contributed by atoms with Crippen molar-refractivity contribution in [2.45, 2.75) is 19.1 Å². The highest BCUT2D eigenvalue weighted by atomic mass is 16.5. The van der Waals surface area contributed by atoms with Crippen LogP contribution in [0.3, 0.4) is 0 Å². The smallest absolute Gasteiger partial charge is 0.273 e. The molecule has 0 spiro atoms. The van der Waals surface area contributed by atoms with Crippen molar-refractivity contribution in [1.82, 2.24) is 25.2 Å². The van der Waals surface area contributed by atoms with Crippen LogP contribution in [0.2, 0.25) is 0 Å². The van der Waals surface area contributed by atoms with Gasteiger partial charge in [0.15, 0.2) is 5.69 Å². The molecule has 4 heterocycles. The zero-order valence-electron chi connectivity index (χ0n) is 17.8. The number of nitrogens with one attached hydrogen (secondary N) is 1. The summed E-state index contributed by atoms with van der Waals surface area (Å²) in [6, 6.07) is 10.0. The first-order chi connectivity index (χ1) is 15.8. The Morgan fingerprint density at radius 3 is 2.75 bits per heavy atom. The summed E-state index contributed by atoms with van der Waals surface area (Å²) in [4.78, 5) is 30.0. The van der Waals surface area contributed by atoms with Crippen molar-refractivity contribution >= 4 is 11.9 Å². The Morgan fingerprint density at radius 1 is 1.09 bits per heavy atom. The standard InChI is InChI=1S/C23H26N6O3/c30-22(26-14-20-18-5-2-1-4-17(18)6-13-31-20)19-16-32-21(27-19)15-28-9-11-29(12-10-28)23-24-7-3-8-25-23/h1-5,7-8,16,20H,6,9-15H2,(H,26,30)/t20-/m1/s1.